The highest BCUT2D eigenvalue weighted by atomic mass is 19.1. The Labute approximate surface area is 240 Å². The van der Waals surface area contributed by atoms with Gasteiger partial charge in [-0.1, -0.05) is 6.08 Å². The molecule has 4 aromatic rings. The molecule has 0 radical (unpaired) electrons. The second kappa shape index (κ2) is 11.2. The second-order valence-corrected chi connectivity index (χ2v) is 10.0. The molecular formula is C31H29FN4O6. The fourth-order valence-corrected chi connectivity index (χ4v) is 5.54. The summed E-state index contributed by atoms with van der Waals surface area (Å²) in [6.07, 6.45) is 6.25. The van der Waals surface area contributed by atoms with Gasteiger partial charge in [0.05, 0.1) is 38.6 Å². The zero-order chi connectivity index (χ0) is 29.4. The van der Waals surface area contributed by atoms with Crippen LogP contribution in [0.4, 0.5) is 10.1 Å². The van der Waals surface area contributed by atoms with Gasteiger partial charge in [0.1, 0.15) is 11.1 Å². The number of fused-ring (bicyclic) bond motifs is 2. The first-order valence-corrected chi connectivity index (χ1v) is 13.6. The Morgan fingerprint density at radius 1 is 1.12 bits per heavy atom. The molecule has 1 aliphatic carbocycles. The average Bonchev–Trinajstić information content (AvgIpc) is 3.52. The van der Waals surface area contributed by atoms with Gasteiger partial charge in [0, 0.05) is 47.9 Å². The molecule has 1 amide bonds. The molecule has 1 aromatic carbocycles. The lowest BCUT2D eigenvalue weighted by Crippen LogP contribution is -2.34. The van der Waals surface area contributed by atoms with Crippen LogP contribution in [0.5, 0.6) is 23.1 Å². The quantitative estimate of drug-likeness (QED) is 0.313. The van der Waals surface area contributed by atoms with E-state index in [0.29, 0.717) is 41.2 Å². The first-order valence-electron chi connectivity index (χ1n) is 13.6. The van der Waals surface area contributed by atoms with Crippen molar-refractivity contribution >= 4 is 28.2 Å². The normalized spacial score (nSPS) is 14.3. The largest absolute Gasteiger partial charge is 0.491 e. The Hall–Kier alpha value is -4.77. The summed E-state index contributed by atoms with van der Waals surface area (Å²) in [6.45, 7) is 3.09. The number of rotatable bonds is 7. The number of halogens is 1. The van der Waals surface area contributed by atoms with Gasteiger partial charge in [-0.3, -0.25) is 14.6 Å². The van der Waals surface area contributed by atoms with Crippen LogP contribution >= 0.6 is 0 Å². The average molecular weight is 573 g/mol. The van der Waals surface area contributed by atoms with E-state index in [4.69, 9.17) is 18.9 Å². The highest BCUT2D eigenvalue weighted by molar-refractivity contribution is 6.05. The predicted molar refractivity (Wildman–Crippen MR) is 154 cm³/mol. The van der Waals surface area contributed by atoms with Crippen LogP contribution in [0.1, 0.15) is 46.6 Å². The number of carbonyl (C=O) groups is 1. The number of hydrogen-bond donors (Lipinski definition) is 1. The van der Waals surface area contributed by atoms with Gasteiger partial charge in [0.2, 0.25) is 5.43 Å². The molecule has 0 unspecified atom stereocenters. The lowest BCUT2D eigenvalue weighted by Gasteiger charge is -2.26. The van der Waals surface area contributed by atoms with Crippen LogP contribution in [0.15, 0.2) is 47.4 Å². The van der Waals surface area contributed by atoms with E-state index < -0.39 is 11.7 Å². The topological polar surface area (TPSA) is 114 Å². The summed E-state index contributed by atoms with van der Waals surface area (Å²) in [5.74, 6) is -0.547. The summed E-state index contributed by atoms with van der Waals surface area (Å²) in [4.78, 5) is 35.9. The summed E-state index contributed by atoms with van der Waals surface area (Å²) < 4.78 is 39.3. The maximum absolute atomic E-state index is 15.3. The Morgan fingerprint density at radius 3 is 2.71 bits per heavy atom. The van der Waals surface area contributed by atoms with Gasteiger partial charge in [0.25, 0.3) is 11.8 Å². The summed E-state index contributed by atoms with van der Waals surface area (Å²) in [5, 5.41) is 2.70. The number of methoxy groups -OCH3 is 2. The first kappa shape index (κ1) is 27.4. The maximum atomic E-state index is 15.3. The Morgan fingerprint density at radius 2 is 1.98 bits per heavy atom. The molecule has 0 saturated carbocycles. The van der Waals surface area contributed by atoms with Gasteiger partial charge in [-0.15, -0.1) is 0 Å². The number of pyridine rings is 3. The van der Waals surface area contributed by atoms with Gasteiger partial charge in [-0.05, 0) is 43.9 Å². The number of aromatic nitrogens is 3. The molecule has 216 valence electrons. The predicted octanol–water partition coefficient (Wildman–Crippen LogP) is 5.40. The minimum Gasteiger partial charge on any atom is -0.491 e. The summed E-state index contributed by atoms with van der Waals surface area (Å²) >= 11 is 0. The van der Waals surface area contributed by atoms with Crippen LogP contribution in [0.3, 0.4) is 0 Å². The molecule has 0 spiro atoms. The Kier molecular flexibility index (Phi) is 7.34. The molecule has 4 heterocycles. The van der Waals surface area contributed by atoms with Crippen molar-refractivity contribution in [3.05, 3.63) is 81.2 Å². The number of amides is 1. The smallest absolute Gasteiger partial charge is 0.261 e. The number of benzene rings is 1. The first-order chi connectivity index (χ1) is 20.4. The highest BCUT2D eigenvalue weighted by Gasteiger charge is 2.28. The third-order valence-corrected chi connectivity index (χ3v) is 7.55. The highest BCUT2D eigenvalue weighted by Crippen LogP contribution is 2.35. The summed E-state index contributed by atoms with van der Waals surface area (Å²) in [6, 6.07) is 7.25. The van der Waals surface area contributed by atoms with Crippen LogP contribution in [-0.2, 0) is 17.9 Å². The Balaban J connectivity index is 1.30. The SMILES string of the molecule is COc1cc2nccc(Oc3ccc(NC(=O)c4c5n(c(C)c(C6=CCCC6)c4=O)CCOC5)cc3F)c2nc1OC. The molecule has 10 nitrogen and oxygen atoms in total. The second-order valence-electron chi connectivity index (χ2n) is 10.0. The fourth-order valence-electron chi connectivity index (χ4n) is 5.54. The third-order valence-electron chi connectivity index (χ3n) is 7.55. The minimum absolute atomic E-state index is 0.0162. The summed E-state index contributed by atoms with van der Waals surface area (Å²) in [7, 11) is 2.95. The lowest BCUT2D eigenvalue weighted by molar-refractivity contribution is 0.0800. The standard InChI is InChI=1S/C31H29FN4O6/c1-17-26(18-6-4-5-7-18)29(37)27(22-16-41-13-12-36(17)22)30(38)34-19-8-9-23(20(32)14-19)42-24-10-11-33-21-15-25(39-2)31(40-3)35-28(21)24/h6,8-11,14-15H,4-5,7,12-13,16H2,1-3H3,(H,34,38). The van der Waals surface area contributed by atoms with E-state index in [1.54, 1.807) is 12.1 Å². The van der Waals surface area contributed by atoms with E-state index in [-0.39, 0.29) is 40.7 Å². The number of ether oxygens (including phenoxy) is 4. The maximum Gasteiger partial charge on any atom is 0.261 e. The van der Waals surface area contributed by atoms with Crippen LogP contribution in [0.2, 0.25) is 0 Å². The number of nitrogens with zero attached hydrogens (tertiary/aromatic N) is 3. The molecular weight excluding hydrogens is 543 g/mol. The van der Waals surface area contributed by atoms with Crippen LogP contribution in [-0.4, -0.2) is 41.3 Å². The van der Waals surface area contributed by atoms with Gasteiger partial charge < -0.3 is 28.8 Å². The van der Waals surface area contributed by atoms with Crippen molar-refractivity contribution in [3.8, 4) is 23.1 Å². The van der Waals surface area contributed by atoms with E-state index in [2.05, 4.69) is 21.4 Å². The molecule has 1 aliphatic heterocycles. The van der Waals surface area contributed by atoms with Crippen LogP contribution in [0.25, 0.3) is 16.6 Å². The van der Waals surface area contributed by atoms with E-state index in [1.165, 1.54) is 32.5 Å². The van der Waals surface area contributed by atoms with Gasteiger partial charge in [-0.2, -0.15) is 0 Å². The number of nitrogens with one attached hydrogen (secondary N) is 1. The molecule has 1 N–H and O–H groups in total. The van der Waals surface area contributed by atoms with Gasteiger partial charge in [0.15, 0.2) is 23.1 Å². The van der Waals surface area contributed by atoms with Crippen molar-refractivity contribution in [1.29, 1.82) is 0 Å². The lowest BCUT2D eigenvalue weighted by atomic mass is 9.97. The van der Waals surface area contributed by atoms with Crippen LogP contribution < -0.4 is 25.0 Å². The zero-order valence-corrected chi connectivity index (χ0v) is 23.5. The van der Waals surface area contributed by atoms with E-state index in [0.717, 1.165) is 36.6 Å². The van der Waals surface area contributed by atoms with Gasteiger partial charge >= 0.3 is 0 Å². The van der Waals surface area contributed by atoms with Crippen molar-refractivity contribution in [2.45, 2.75) is 39.3 Å². The molecule has 0 bridgehead atoms. The number of hydrogen-bond acceptors (Lipinski definition) is 8. The summed E-state index contributed by atoms with van der Waals surface area (Å²) in [5.41, 5.74) is 3.58. The molecule has 0 fully saturated rings. The number of carbonyl (C=O) groups excluding carboxylic acids is 1. The third kappa shape index (κ3) is 4.85. The zero-order valence-electron chi connectivity index (χ0n) is 23.5. The van der Waals surface area contributed by atoms with E-state index in [1.807, 2.05) is 11.5 Å². The molecule has 2 aliphatic rings. The van der Waals surface area contributed by atoms with Crippen molar-refractivity contribution in [3.63, 3.8) is 0 Å². The van der Waals surface area contributed by atoms with Crippen molar-refractivity contribution in [2.75, 3.05) is 26.1 Å². The Bertz CT molecular complexity index is 1820. The van der Waals surface area contributed by atoms with Crippen molar-refractivity contribution in [2.24, 2.45) is 0 Å². The molecule has 0 atom stereocenters. The molecule has 6 rings (SSSR count). The van der Waals surface area contributed by atoms with Crippen molar-refractivity contribution < 1.29 is 28.1 Å². The molecule has 11 heteroatoms. The molecule has 3 aromatic heterocycles. The van der Waals surface area contributed by atoms with Gasteiger partial charge in [-0.25, -0.2) is 9.37 Å². The van der Waals surface area contributed by atoms with E-state index in [9.17, 15) is 9.59 Å². The fraction of sp³-hybridized carbons (Fsp3) is 0.290. The molecule has 0 saturated heterocycles. The number of allylic oxidation sites excluding steroid dienone is 2. The monoisotopic (exact) mass is 572 g/mol. The number of anilines is 1. The van der Waals surface area contributed by atoms with E-state index >= 15 is 4.39 Å². The van der Waals surface area contributed by atoms with Crippen LogP contribution in [0, 0.1) is 12.7 Å². The molecule has 42 heavy (non-hydrogen) atoms. The van der Waals surface area contributed by atoms with Crippen molar-refractivity contribution in [1.82, 2.24) is 14.5 Å². The minimum atomic E-state index is -0.721.